The van der Waals surface area contributed by atoms with Crippen LogP contribution in [0.25, 0.3) is 6.08 Å². The van der Waals surface area contributed by atoms with E-state index in [-0.39, 0.29) is 29.5 Å². The van der Waals surface area contributed by atoms with Crippen molar-refractivity contribution in [1.82, 2.24) is 4.98 Å². The molecule has 3 aromatic rings. The number of pyridine rings is 1. The number of phenolic OH excluding ortho intramolecular Hbond substituents is 1. The number of nitrogen functional groups attached to an aromatic ring is 1. The summed E-state index contributed by atoms with van der Waals surface area (Å²) in [6.07, 6.45) is 11.3. The van der Waals surface area contributed by atoms with Crippen molar-refractivity contribution in [2.75, 3.05) is 12.5 Å². The van der Waals surface area contributed by atoms with E-state index in [1.807, 2.05) is 6.07 Å². The number of aryl methyl sites for hydroxylation is 2. The lowest BCUT2D eigenvalue weighted by Crippen LogP contribution is -2.05. The maximum Gasteiger partial charge on any atom is 0.186 e. The molecule has 41 heavy (non-hydrogen) atoms. The molecule has 1 heterocycles. The van der Waals surface area contributed by atoms with Crippen LogP contribution in [-0.2, 0) is 22.4 Å². The summed E-state index contributed by atoms with van der Waals surface area (Å²) in [6, 6.07) is 11.5. The van der Waals surface area contributed by atoms with Crippen LogP contribution in [0.15, 0.2) is 48.7 Å². The number of phenols is 1. The van der Waals surface area contributed by atoms with Gasteiger partial charge in [0.05, 0.1) is 6.42 Å². The number of anilines is 1. The van der Waals surface area contributed by atoms with Crippen molar-refractivity contribution in [1.29, 1.82) is 0 Å². The molecule has 0 spiro atoms. The second-order valence-corrected chi connectivity index (χ2v) is 10.7. The Morgan fingerprint density at radius 1 is 0.927 bits per heavy atom. The molecule has 0 aliphatic carbocycles. The number of aliphatic hydroxyl groups excluding tert-OH is 1. The minimum atomic E-state index is -0.606. The molecule has 0 atom stereocenters. The molecule has 2 aromatic carbocycles. The van der Waals surface area contributed by atoms with Crippen LogP contribution in [0.3, 0.4) is 0 Å². The number of aliphatic hydroxyl groups is 1. The zero-order valence-electron chi connectivity index (χ0n) is 24.4. The molecule has 218 valence electrons. The fraction of sp³-hybridized carbons (Fsp3) is 0.382. The fourth-order valence-corrected chi connectivity index (χ4v) is 4.99. The fourth-order valence-electron chi connectivity index (χ4n) is 4.99. The number of aromatic nitrogens is 1. The smallest absolute Gasteiger partial charge is 0.186 e. The summed E-state index contributed by atoms with van der Waals surface area (Å²) in [5.74, 6) is 0.0861. The number of hydrogen-bond donors (Lipinski definition) is 3. The highest BCUT2D eigenvalue weighted by molar-refractivity contribution is 6.06. The van der Waals surface area contributed by atoms with Crippen molar-refractivity contribution in [3.8, 4) is 11.5 Å². The lowest BCUT2D eigenvalue weighted by Gasteiger charge is -2.13. The molecular weight excluding hydrogens is 516 g/mol. The Morgan fingerprint density at radius 3 is 2.34 bits per heavy atom. The lowest BCUT2D eigenvalue weighted by molar-refractivity contribution is -0.124. The highest BCUT2D eigenvalue weighted by Crippen LogP contribution is 2.32. The number of benzene rings is 2. The maximum absolute atomic E-state index is 12.6. The van der Waals surface area contributed by atoms with Crippen molar-refractivity contribution in [3.05, 3.63) is 87.6 Å². The summed E-state index contributed by atoms with van der Waals surface area (Å²) >= 11 is 0. The predicted molar refractivity (Wildman–Crippen MR) is 163 cm³/mol. The molecule has 0 unspecified atom stereocenters. The van der Waals surface area contributed by atoms with Gasteiger partial charge in [0.25, 0.3) is 0 Å². The van der Waals surface area contributed by atoms with Gasteiger partial charge in [0.2, 0.25) is 0 Å². The first-order valence-electron chi connectivity index (χ1n) is 14.3. The van der Waals surface area contributed by atoms with E-state index in [0.29, 0.717) is 30.6 Å². The number of unbranched alkanes of at least 4 members (excludes halogenated alkanes) is 4. The maximum atomic E-state index is 12.6. The Bertz CT molecular complexity index is 1360. The van der Waals surface area contributed by atoms with E-state index in [0.717, 1.165) is 54.4 Å². The lowest BCUT2D eigenvalue weighted by atomic mass is 9.96. The first-order chi connectivity index (χ1) is 19.7. The number of hydrogen-bond acceptors (Lipinski definition) is 7. The van der Waals surface area contributed by atoms with Crippen LogP contribution < -0.4 is 10.5 Å². The molecule has 0 amide bonds. The number of rotatable bonds is 16. The zero-order valence-corrected chi connectivity index (χ0v) is 24.4. The summed E-state index contributed by atoms with van der Waals surface area (Å²) in [5, 5.41) is 19.7. The number of aromatic hydroxyl groups is 1. The minimum absolute atomic E-state index is 0.0596. The van der Waals surface area contributed by atoms with E-state index in [2.05, 4.69) is 44.0 Å². The highest BCUT2D eigenvalue weighted by atomic mass is 16.6. The number of Topliss-reactive ketones (excluding diaryl/α,β-unsaturated/α-hetero) is 1. The molecule has 4 N–H and O–H groups in total. The number of ether oxygens (including phenoxy) is 1. The van der Waals surface area contributed by atoms with Crippen molar-refractivity contribution in [2.24, 2.45) is 0 Å². The van der Waals surface area contributed by atoms with Gasteiger partial charge in [-0.3, -0.25) is 9.59 Å². The van der Waals surface area contributed by atoms with Gasteiger partial charge in [-0.15, -0.1) is 0 Å². The van der Waals surface area contributed by atoms with Gasteiger partial charge >= 0.3 is 0 Å². The van der Waals surface area contributed by atoms with E-state index in [1.54, 1.807) is 24.4 Å². The summed E-state index contributed by atoms with van der Waals surface area (Å²) in [5.41, 5.74) is 12.9. The summed E-state index contributed by atoms with van der Waals surface area (Å²) in [6.45, 7) is 5.67. The van der Waals surface area contributed by atoms with E-state index in [4.69, 9.17) is 10.5 Å². The molecular formula is C34H42N2O5. The third-order valence-corrected chi connectivity index (χ3v) is 6.95. The molecule has 0 saturated carbocycles. The van der Waals surface area contributed by atoms with Gasteiger partial charge in [-0.25, -0.2) is 4.98 Å². The average molecular weight is 559 g/mol. The van der Waals surface area contributed by atoms with Gasteiger partial charge in [0.1, 0.15) is 11.6 Å². The third kappa shape index (κ3) is 10.2. The Hall–Kier alpha value is -3.97. The van der Waals surface area contributed by atoms with Crippen LogP contribution in [0.4, 0.5) is 5.82 Å². The summed E-state index contributed by atoms with van der Waals surface area (Å²) < 4.78 is 5.15. The Balaban J connectivity index is 1.78. The first-order valence-corrected chi connectivity index (χ1v) is 14.3. The van der Waals surface area contributed by atoms with Crippen LogP contribution in [0.1, 0.15) is 90.8 Å². The molecule has 0 fully saturated rings. The van der Waals surface area contributed by atoms with E-state index in [9.17, 15) is 19.8 Å². The Labute approximate surface area is 243 Å². The van der Waals surface area contributed by atoms with Gasteiger partial charge in [0.15, 0.2) is 24.1 Å². The first kappa shape index (κ1) is 31.6. The normalized spacial score (nSPS) is 11.2. The number of carbonyl (C=O) groups excluding carboxylic acids is 2. The summed E-state index contributed by atoms with van der Waals surface area (Å²) in [7, 11) is 0. The SMILES string of the molecule is CCCCCCCC(=O)CC(=O)C=Cc1cc(OCO)c(O)cc1Cc1cnc(N)c(Cc2cc(C)cc(C)c2)c1. The largest absolute Gasteiger partial charge is 0.504 e. The van der Waals surface area contributed by atoms with Gasteiger partial charge in [0, 0.05) is 19.0 Å². The number of carbonyl (C=O) groups is 2. The molecule has 1 aromatic heterocycles. The standard InChI is InChI=1S/C34H42N2O5/c1-4-5-6-7-8-9-30(38)20-31(39)11-10-27-19-33(41-22-37)32(40)18-28(27)16-26-17-29(34(35)36-21-26)15-25-13-23(2)12-24(3)14-25/h10-14,17-19,21,37,40H,4-9,15-16,20,22H2,1-3H3,(H2,35,36). The van der Waals surface area contributed by atoms with Crippen LogP contribution in [0.2, 0.25) is 0 Å². The second kappa shape index (κ2) is 15.7. The van der Waals surface area contributed by atoms with Crippen LogP contribution in [-0.4, -0.2) is 33.6 Å². The van der Waals surface area contributed by atoms with Gasteiger partial charge < -0.3 is 20.7 Å². The molecule has 7 nitrogen and oxygen atoms in total. The number of nitrogens with two attached hydrogens (primary N) is 1. The van der Waals surface area contributed by atoms with Gasteiger partial charge in [-0.1, -0.05) is 68.0 Å². The minimum Gasteiger partial charge on any atom is -0.504 e. The van der Waals surface area contributed by atoms with E-state index < -0.39 is 6.79 Å². The Morgan fingerprint density at radius 2 is 1.63 bits per heavy atom. The molecule has 0 aliphatic rings. The van der Waals surface area contributed by atoms with Crippen molar-refractivity contribution in [3.63, 3.8) is 0 Å². The molecule has 3 rings (SSSR count). The highest BCUT2D eigenvalue weighted by Gasteiger charge is 2.13. The third-order valence-electron chi connectivity index (χ3n) is 6.95. The Kier molecular flexibility index (Phi) is 12.1. The second-order valence-electron chi connectivity index (χ2n) is 10.7. The predicted octanol–water partition coefficient (Wildman–Crippen LogP) is 6.40. The number of ketones is 2. The molecule has 0 bridgehead atoms. The molecule has 0 aliphatic heterocycles. The van der Waals surface area contributed by atoms with Crippen molar-refractivity contribution >= 4 is 23.5 Å². The topological polar surface area (TPSA) is 123 Å². The number of allylic oxidation sites excluding steroid dienone is 1. The van der Waals surface area contributed by atoms with E-state index >= 15 is 0 Å². The van der Waals surface area contributed by atoms with Crippen LogP contribution in [0, 0.1) is 13.8 Å². The molecule has 0 radical (unpaired) electrons. The van der Waals surface area contributed by atoms with Gasteiger partial charge in [-0.2, -0.15) is 0 Å². The molecule has 7 heteroatoms. The monoisotopic (exact) mass is 558 g/mol. The zero-order chi connectivity index (χ0) is 29.8. The number of nitrogens with zero attached hydrogens (tertiary/aromatic N) is 1. The van der Waals surface area contributed by atoms with Crippen molar-refractivity contribution < 1.29 is 24.5 Å². The quantitative estimate of drug-likeness (QED) is 0.0805. The summed E-state index contributed by atoms with van der Waals surface area (Å²) in [4.78, 5) is 29.2. The van der Waals surface area contributed by atoms with Crippen molar-refractivity contribution in [2.45, 2.75) is 78.6 Å². The van der Waals surface area contributed by atoms with Gasteiger partial charge in [-0.05, 0) is 78.8 Å². The average Bonchev–Trinajstić information content (AvgIpc) is 2.90. The van der Waals surface area contributed by atoms with Crippen LogP contribution >= 0.6 is 0 Å². The molecule has 0 saturated heterocycles. The van der Waals surface area contributed by atoms with E-state index in [1.165, 1.54) is 17.2 Å². The van der Waals surface area contributed by atoms with Crippen LogP contribution in [0.5, 0.6) is 11.5 Å².